The maximum atomic E-state index is 15.2. The number of hydrogen-bond donors (Lipinski definition) is 1. The number of hydrogen-bond acceptors (Lipinski definition) is 4. The molecule has 0 amide bonds. The minimum absolute atomic E-state index is 0.187. The minimum atomic E-state index is -3.23. The molecule has 0 bridgehead atoms. The Bertz CT molecular complexity index is 1740. The van der Waals surface area contributed by atoms with E-state index in [4.69, 9.17) is 9.16 Å². The Kier molecular flexibility index (Phi) is 11.4. The Hall–Kier alpha value is -4.06. The first-order valence-electron chi connectivity index (χ1n) is 17.4. The lowest BCUT2D eigenvalue weighted by Gasteiger charge is -2.33. The molecule has 6 rings (SSSR count). The van der Waals surface area contributed by atoms with Crippen LogP contribution in [0, 0.1) is 11.8 Å². The van der Waals surface area contributed by atoms with Gasteiger partial charge in [-0.3, -0.25) is 9.65 Å². The molecule has 5 aromatic carbocycles. The third kappa shape index (κ3) is 7.89. The summed E-state index contributed by atoms with van der Waals surface area (Å²) in [6.45, 7) is 2.92. The molecule has 0 aliphatic heterocycles. The van der Waals surface area contributed by atoms with E-state index in [1.165, 1.54) is 17.5 Å². The zero-order valence-electron chi connectivity index (χ0n) is 28.4. The molecular formula is C42H46NO4PSi. The highest BCUT2D eigenvalue weighted by atomic mass is 31.2. The normalized spacial score (nSPS) is 16.5. The largest absolute Gasteiger partial charge is 0.465 e. The van der Waals surface area contributed by atoms with Gasteiger partial charge in [0.15, 0.2) is 0 Å². The van der Waals surface area contributed by atoms with Crippen molar-refractivity contribution in [2.24, 2.45) is 11.8 Å². The number of carbonyl (C=O) groups excluding carboxylic acids is 1. The summed E-state index contributed by atoms with van der Waals surface area (Å²) >= 11 is 0. The lowest BCUT2D eigenvalue weighted by atomic mass is 10.00. The van der Waals surface area contributed by atoms with Gasteiger partial charge in [-0.15, -0.1) is 0 Å². The predicted molar refractivity (Wildman–Crippen MR) is 203 cm³/mol. The van der Waals surface area contributed by atoms with Crippen molar-refractivity contribution in [3.05, 3.63) is 157 Å². The smallest absolute Gasteiger partial charge is 0.337 e. The first kappa shape index (κ1) is 34.8. The van der Waals surface area contributed by atoms with Crippen LogP contribution >= 0.6 is 7.29 Å². The third-order valence-corrected chi connectivity index (χ3v) is 16.8. The number of unbranched alkanes of at least 4 members (excludes halogenated alkanes) is 1. The molecule has 1 aliphatic carbocycles. The lowest BCUT2D eigenvalue weighted by Crippen LogP contribution is -2.60. The highest BCUT2D eigenvalue weighted by molar-refractivity contribution is 7.76. The van der Waals surface area contributed by atoms with Gasteiger partial charge in [-0.1, -0.05) is 129 Å². The number of nitrogens with one attached hydrogen (secondary N) is 1. The van der Waals surface area contributed by atoms with Crippen LogP contribution in [0.15, 0.2) is 146 Å². The highest BCUT2D eigenvalue weighted by Gasteiger charge is 2.47. The van der Waals surface area contributed by atoms with E-state index < -0.39 is 15.6 Å². The van der Waals surface area contributed by atoms with Crippen molar-refractivity contribution >= 4 is 42.6 Å². The van der Waals surface area contributed by atoms with Crippen molar-refractivity contribution in [1.82, 2.24) is 5.09 Å². The van der Waals surface area contributed by atoms with Crippen LogP contribution in [-0.4, -0.2) is 28.0 Å². The van der Waals surface area contributed by atoms with Crippen molar-refractivity contribution in [3.8, 4) is 0 Å². The van der Waals surface area contributed by atoms with Crippen LogP contribution in [0.2, 0.25) is 6.04 Å². The summed E-state index contributed by atoms with van der Waals surface area (Å²) in [5.41, 5.74) is 1.50. The Balaban J connectivity index is 1.28. The number of esters is 1. The first-order chi connectivity index (χ1) is 24.0. The van der Waals surface area contributed by atoms with Crippen LogP contribution in [0.1, 0.15) is 54.6 Å². The Morgan fingerprint density at radius 1 is 0.776 bits per heavy atom. The topological polar surface area (TPSA) is 64.6 Å². The van der Waals surface area contributed by atoms with Crippen molar-refractivity contribution in [1.29, 1.82) is 0 Å². The van der Waals surface area contributed by atoms with E-state index in [2.05, 4.69) is 72.7 Å². The fraction of sp³-hybridized carbons (Fsp3) is 0.262. The molecule has 0 radical (unpaired) electrons. The quantitative estimate of drug-likeness (QED) is 0.0657. The van der Waals surface area contributed by atoms with E-state index >= 15 is 4.57 Å². The summed E-state index contributed by atoms with van der Waals surface area (Å²) in [5, 5.41) is 7.91. The number of carbonyl (C=O) groups is 1. The van der Waals surface area contributed by atoms with Crippen molar-refractivity contribution in [3.63, 3.8) is 0 Å². The van der Waals surface area contributed by atoms with Crippen LogP contribution in [0.3, 0.4) is 0 Å². The molecule has 49 heavy (non-hydrogen) atoms. The third-order valence-electron chi connectivity index (χ3n) is 9.86. The Labute approximate surface area is 292 Å². The second-order valence-electron chi connectivity index (χ2n) is 13.0. The number of ether oxygens (including phenoxy) is 1. The molecule has 0 saturated heterocycles. The van der Waals surface area contributed by atoms with Crippen molar-refractivity contribution in [2.75, 3.05) is 13.7 Å². The van der Waals surface area contributed by atoms with E-state index in [0.717, 1.165) is 47.9 Å². The summed E-state index contributed by atoms with van der Waals surface area (Å²) in [4.78, 5) is 12.3. The van der Waals surface area contributed by atoms with E-state index in [0.29, 0.717) is 18.1 Å². The van der Waals surface area contributed by atoms with Gasteiger partial charge in [-0.05, 0) is 83.1 Å². The lowest BCUT2D eigenvalue weighted by molar-refractivity contribution is 0.0600. The number of benzene rings is 5. The van der Waals surface area contributed by atoms with E-state index in [9.17, 15) is 4.79 Å². The van der Waals surface area contributed by atoms with Gasteiger partial charge in [0.25, 0.3) is 8.32 Å². The molecular weight excluding hydrogens is 642 g/mol. The van der Waals surface area contributed by atoms with Gasteiger partial charge >= 0.3 is 5.97 Å². The highest BCUT2D eigenvalue weighted by Crippen LogP contribution is 2.53. The van der Waals surface area contributed by atoms with Gasteiger partial charge in [0, 0.05) is 23.3 Å². The fourth-order valence-corrected chi connectivity index (χ4v) is 13.7. The van der Waals surface area contributed by atoms with Crippen molar-refractivity contribution < 1.29 is 18.5 Å². The van der Waals surface area contributed by atoms with Crippen LogP contribution in [0.4, 0.5) is 0 Å². The zero-order chi connectivity index (χ0) is 34.1. The second kappa shape index (κ2) is 16.1. The predicted octanol–water partition coefficient (Wildman–Crippen LogP) is 7.64. The Morgan fingerprint density at radius 2 is 1.29 bits per heavy atom. The molecule has 252 valence electrons. The van der Waals surface area contributed by atoms with E-state index in [1.807, 2.05) is 72.8 Å². The van der Waals surface area contributed by atoms with Gasteiger partial charge < -0.3 is 9.16 Å². The van der Waals surface area contributed by atoms with Crippen LogP contribution < -0.4 is 26.1 Å². The fourth-order valence-electron chi connectivity index (χ4n) is 7.06. The average molecular weight is 688 g/mol. The minimum Gasteiger partial charge on any atom is -0.465 e. The molecule has 3 atom stereocenters. The zero-order valence-corrected chi connectivity index (χ0v) is 30.3. The van der Waals surface area contributed by atoms with Crippen LogP contribution in [0.5, 0.6) is 0 Å². The molecule has 7 heteroatoms. The summed E-state index contributed by atoms with van der Waals surface area (Å²) in [7, 11) is -4.31. The van der Waals surface area contributed by atoms with Gasteiger partial charge in [0.1, 0.15) is 0 Å². The van der Waals surface area contributed by atoms with Crippen LogP contribution in [-0.2, 0) is 13.7 Å². The standard InChI is InChI=1S/C42H46NO4PSi/c1-3-4-31-49(38-21-13-7-14-22-38,39-23-15-8-16-24-39)47-30-29-35-32-40(35)41(33-25-27-34(28-26-33)42(44)46-2)43-48(45,36-17-9-5-10-18-36)37-19-11-6-12-20-37/h5-28,35,40-41H,3-4,29-32H2,1-2H3,(H,43,45)/t35-,40-,41+/m1/s1. The molecule has 0 aromatic heterocycles. The number of rotatable bonds is 16. The molecule has 1 N–H and O–H groups in total. The maximum absolute atomic E-state index is 15.2. The Morgan fingerprint density at radius 3 is 1.78 bits per heavy atom. The van der Waals surface area contributed by atoms with E-state index in [-0.39, 0.29) is 17.9 Å². The van der Waals surface area contributed by atoms with Gasteiger partial charge in [-0.2, -0.15) is 0 Å². The SMILES string of the molecule is CCCC[Si](OCC[C@@H]1C[C@H]1[C@@H](NP(=O)(c1ccccc1)c1ccccc1)c1ccc(C(=O)OC)cc1)(c1ccccc1)c1ccccc1. The van der Waals surface area contributed by atoms with E-state index in [1.54, 1.807) is 12.1 Å². The van der Waals surface area contributed by atoms with Gasteiger partial charge in [0.2, 0.25) is 7.29 Å². The molecule has 5 nitrogen and oxygen atoms in total. The molecule has 0 spiro atoms. The number of methoxy groups -OCH3 is 1. The summed E-state index contributed by atoms with van der Waals surface area (Å²) < 4.78 is 27.4. The first-order valence-corrected chi connectivity index (χ1v) is 21.2. The summed E-state index contributed by atoms with van der Waals surface area (Å²) in [6, 6.07) is 49.6. The summed E-state index contributed by atoms with van der Waals surface area (Å²) in [6.07, 6.45) is 4.16. The summed E-state index contributed by atoms with van der Waals surface area (Å²) in [5.74, 6) is 0.292. The average Bonchev–Trinajstić information content (AvgIpc) is 3.95. The van der Waals surface area contributed by atoms with Gasteiger partial charge in [0.05, 0.1) is 12.7 Å². The molecule has 1 saturated carbocycles. The molecule has 1 fully saturated rings. The van der Waals surface area contributed by atoms with Gasteiger partial charge in [-0.25, -0.2) is 4.79 Å². The molecule has 1 aliphatic rings. The van der Waals surface area contributed by atoms with Crippen LogP contribution in [0.25, 0.3) is 0 Å². The molecule has 5 aromatic rings. The maximum Gasteiger partial charge on any atom is 0.337 e. The molecule has 0 heterocycles. The monoisotopic (exact) mass is 687 g/mol. The second-order valence-corrected chi connectivity index (χ2v) is 19.1. The molecule has 0 unspecified atom stereocenters. The van der Waals surface area contributed by atoms with Crippen molar-refractivity contribution in [2.45, 2.75) is 44.7 Å².